The molecule has 1 N–H and O–H groups in total. The summed E-state index contributed by atoms with van der Waals surface area (Å²) in [4.78, 5) is 29.1. The first-order valence-corrected chi connectivity index (χ1v) is 8.87. The lowest BCUT2D eigenvalue weighted by Crippen LogP contribution is -2.54. The van der Waals surface area contributed by atoms with Crippen LogP contribution in [0.4, 0.5) is 0 Å². The number of amides is 2. The van der Waals surface area contributed by atoms with Gasteiger partial charge in [0.25, 0.3) is 0 Å². The maximum absolute atomic E-state index is 12.8. The molecule has 5 nitrogen and oxygen atoms in total. The zero-order chi connectivity index (χ0) is 15.7. The Kier molecular flexibility index (Phi) is 4.71. The summed E-state index contributed by atoms with van der Waals surface area (Å²) < 4.78 is 0. The highest BCUT2D eigenvalue weighted by Crippen LogP contribution is 2.32. The van der Waals surface area contributed by atoms with Gasteiger partial charge in [0.1, 0.15) is 0 Å². The van der Waals surface area contributed by atoms with Crippen LogP contribution in [0.5, 0.6) is 0 Å². The van der Waals surface area contributed by atoms with E-state index >= 15 is 0 Å². The Morgan fingerprint density at radius 2 is 1.91 bits per heavy atom. The topological polar surface area (TPSA) is 52.7 Å². The Morgan fingerprint density at radius 1 is 1.18 bits per heavy atom. The number of carbonyl (C=O) groups excluding carboxylic acids is 2. The molecule has 0 aromatic heterocycles. The third kappa shape index (κ3) is 3.14. The normalized spacial score (nSPS) is 36.7. The van der Waals surface area contributed by atoms with E-state index in [-0.39, 0.29) is 23.8 Å². The van der Waals surface area contributed by atoms with Crippen molar-refractivity contribution in [2.24, 2.45) is 11.8 Å². The van der Waals surface area contributed by atoms with E-state index in [4.69, 9.17) is 0 Å². The number of hydrogen-bond donors (Lipinski definition) is 1. The van der Waals surface area contributed by atoms with E-state index in [2.05, 4.69) is 19.2 Å². The largest absolute Gasteiger partial charge is 0.339 e. The summed E-state index contributed by atoms with van der Waals surface area (Å²) in [6, 6.07) is 0.614. The monoisotopic (exact) mass is 307 g/mol. The Bertz CT molecular complexity index is 432. The van der Waals surface area contributed by atoms with Crippen LogP contribution >= 0.6 is 0 Å². The van der Waals surface area contributed by atoms with Crippen LogP contribution in [-0.2, 0) is 9.59 Å². The third-order valence-electron chi connectivity index (χ3n) is 5.72. The van der Waals surface area contributed by atoms with Crippen LogP contribution in [0, 0.1) is 11.8 Å². The molecule has 3 aliphatic rings. The van der Waals surface area contributed by atoms with Gasteiger partial charge in [-0.2, -0.15) is 0 Å². The van der Waals surface area contributed by atoms with Crippen molar-refractivity contribution in [2.45, 2.75) is 58.0 Å². The summed E-state index contributed by atoms with van der Waals surface area (Å²) in [5.41, 5.74) is 0. The summed E-state index contributed by atoms with van der Waals surface area (Å²) in [5.74, 6) is 1.05. The second-order valence-corrected chi connectivity index (χ2v) is 7.45. The lowest BCUT2D eigenvalue weighted by Gasteiger charge is -2.36. The van der Waals surface area contributed by atoms with Crippen molar-refractivity contribution in [3.63, 3.8) is 0 Å². The number of likely N-dealkylation sites (tertiary alicyclic amines) is 1. The summed E-state index contributed by atoms with van der Waals surface area (Å²) >= 11 is 0. The molecule has 124 valence electrons. The van der Waals surface area contributed by atoms with Gasteiger partial charge in [0.15, 0.2) is 0 Å². The standard InChI is InChI=1S/C17H29N3O2/c1-12-3-5-15(6-4-12)20-11-14(9-16(20)21)17(22)19-8-7-18-10-13(19)2/h12-15,18H,3-11H2,1-2H3/t12?,13-,14?,15?/m1/s1. The van der Waals surface area contributed by atoms with E-state index < -0.39 is 0 Å². The molecular formula is C17H29N3O2. The zero-order valence-electron chi connectivity index (χ0n) is 13.9. The Labute approximate surface area is 133 Å². The van der Waals surface area contributed by atoms with Crippen molar-refractivity contribution in [1.82, 2.24) is 15.1 Å². The molecular weight excluding hydrogens is 278 g/mol. The van der Waals surface area contributed by atoms with Gasteiger partial charge in [-0.05, 0) is 38.5 Å². The molecule has 3 fully saturated rings. The first-order chi connectivity index (χ1) is 10.6. The van der Waals surface area contributed by atoms with Gasteiger partial charge in [0.05, 0.1) is 5.92 Å². The van der Waals surface area contributed by atoms with Crippen molar-refractivity contribution in [3.05, 3.63) is 0 Å². The Morgan fingerprint density at radius 3 is 2.59 bits per heavy atom. The maximum Gasteiger partial charge on any atom is 0.228 e. The second kappa shape index (κ2) is 6.57. The van der Waals surface area contributed by atoms with Crippen LogP contribution in [0.25, 0.3) is 0 Å². The fourth-order valence-corrected chi connectivity index (χ4v) is 4.21. The van der Waals surface area contributed by atoms with Crippen LogP contribution < -0.4 is 5.32 Å². The fraction of sp³-hybridized carbons (Fsp3) is 0.882. The van der Waals surface area contributed by atoms with Crippen LogP contribution in [0.2, 0.25) is 0 Å². The van der Waals surface area contributed by atoms with Crippen molar-refractivity contribution in [3.8, 4) is 0 Å². The molecule has 2 saturated heterocycles. The molecule has 0 aromatic carbocycles. The quantitative estimate of drug-likeness (QED) is 0.835. The minimum absolute atomic E-state index is 0.118. The molecule has 2 amide bonds. The van der Waals surface area contributed by atoms with Gasteiger partial charge in [-0.25, -0.2) is 0 Å². The minimum atomic E-state index is -0.118. The number of rotatable bonds is 2. The van der Waals surface area contributed by atoms with E-state index in [1.807, 2.05) is 9.80 Å². The predicted octanol–water partition coefficient (Wildman–Crippen LogP) is 1.23. The van der Waals surface area contributed by atoms with Crippen LogP contribution in [0.3, 0.4) is 0 Å². The van der Waals surface area contributed by atoms with E-state index in [1.165, 1.54) is 12.8 Å². The van der Waals surface area contributed by atoms with Crippen molar-refractivity contribution in [1.29, 1.82) is 0 Å². The van der Waals surface area contributed by atoms with E-state index in [9.17, 15) is 9.59 Å². The fourth-order valence-electron chi connectivity index (χ4n) is 4.21. The zero-order valence-corrected chi connectivity index (χ0v) is 13.9. The van der Waals surface area contributed by atoms with E-state index in [0.717, 1.165) is 38.4 Å². The molecule has 3 rings (SSSR count). The summed E-state index contributed by atoms with van der Waals surface area (Å²) in [6.07, 6.45) is 5.06. The second-order valence-electron chi connectivity index (χ2n) is 7.45. The average Bonchev–Trinajstić information content (AvgIpc) is 2.90. The summed E-state index contributed by atoms with van der Waals surface area (Å²) in [7, 11) is 0. The molecule has 1 saturated carbocycles. The number of carbonyl (C=O) groups is 2. The molecule has 0 aromatic rings. The van der Waals surface area contributed by atoms with Gasteiger partial charge >= 0.3 is 0 Å². The molecule has 0 bridgehead atoms. The highest BCUT2D eigenvalue weighted by atomic mass is 16.2. The summed E-state index contributed by atoms with van der Waals surface area (Å²) in [6.45, 7) is 7.51. The van der Waals surface area contributed by atoms with Crippen molar-refractivity contribution < 1.29 is 9.59 Å². The first kappa shape index (κ1) is 15.8. The maximum atomic E-state index is 12.8. The molecule has 2 heterocycles. The number of nitrogens with zero attached hydrogens (tertiary/aromatic N) is 2. The lowest BCUT2D eigenvalue weighted by atomic mass is 9.86. The molecule has 1 unspecified atom stereocenters. The van der Waals surface area contributed by atoms with Crippen molar-refractivity contribution >= 4 is 11.8 Å². The molecule has 2 aliphatic heterocycles. The van der Waals surface area contributed by atoms with Crippen LogP contribution in [-0.4, -0.2) is 59.9 Å². The van der Waals surface area contributed by atoms with E-state index in [0.29, 0.717) is 19.0 Å². The number of hydrogen-bond acceptors (Lipinski definition) is 3. The molecule has 1 aliphatic carbocycles. The smallest absolute Gasteiger partial charge is 0.228 e. The summed E-state index contributed by atoms with van der Waals surface area (Å²) in [5, 5.41) is 3.31. The highest BCUT2D eigenvalue weighted by molar-refractivity contribution is 5.89. The van der Waals surface area contributed by atoms with Gasteiger partial charge in [-0.3, -0.25) is 9.59 Å². The average molecular weight is 307 g/mol. The Hall–Kier alpha value is -1.10. The SMILES string of the molecule is CC1CCC(N2CC(C(=O)N3CCNC[C@H]3C)CC2=O)CC1. The molecule has 0 spiro atoms. The van der Waals surface area contributed by atoms with E-state index in [1.54, 1.807) is 0 Å². The number of nitrogens with one attached hydrogen (secondary N) is 1. The number of piperazine rings is 1. The predicted molar refractivity (Wildman–Crippen MR) is 85.3 cm³/mol. The van der Waals surface area contributed by atoms with Crippen LogP contribution in [0.15, 0.2) is 0 Å². The van der Waals surface area contributed by atoms with Gasteiger partial charge in [0.2, 0.25) is 11.8 Å². The molecule has 5 heteroatoms. The Balaban J connectivity index is 1.60. The molecule has 22 heavy (non-hydrogen) atoms. The van der Waals surface area contributed by atoms with Gasteiger partial charge in [-0.15, -0.1) is 0 Å². The highest BCUT2D eigenvalue weighted by Gasteiger charge is 2.41. The first-order valence-electron chi connectivity index (χ1n) is 8.87. The lowest BCUT2D eigenvalue weighted by molar-refractivity contribution is -0.138. The van der Waals surface area contributed by atoms with Gasteiger partial charge in [0, 0.05) is 44.7 Å². The minimum Gasteiger partial charge on any atom is -0.339 e. The van der Waals surface area contributed by atoms with Gasteiger partial charge < -0.3 is 15.1 Å². The third-order valence-corrected chi connectivity index (χ3v) is 5.72. The molecule has 2 atom stereocenters. The molecule has 0 radical (unpaired) electrons. The van der Waals surface area contributed by atoms with Crippen molar-refractivity contribution in [2.75, 3.05) is 26.2 Å². The van der Waals surface area contributed by atoms with Gasteiger partial charge in [-0.1, -0.05) is 6.92 Å². The van der Waals surface area contributed by atoms with Crippen LogP contribution in [0.1, 0.15) is 46.0 Å².